The van der Waals surface area contributed by atoms with E-state index in [0.29, 0.717) is 6.61 Å². The summed E-state index contributed by atoms with van der Waals surface area (Å²) in [6.07, 6.45) is 0. The number of hydrogen-bond acceptors (Lipinski definition) is 3. The van der Waals surface area contributed by atoms with E-state index < -0.39 is 0 Å². The summed E-state index contributed by atoms with van der Waals surface area (Å²) in [6, 6.07) is 16.3. The minimum atomic E-state index is 0.454. The number of fused-ring (bicyclic) bond motifs is 3. The van der Waals surface area contributed by atoms with Crippen LogP contribution in [0.5, 0.6) is 5.75 Å². The summed E-state index contributed by atoms with van der Waals surface area (Å²) in [5.74, 6) is 2.56. The van der Waals surface area contributed by atoms with Crippen molar-refractivity contribution in [2.24, 2.45) is 0 Å². The van der Waals surface area contributed by atoms with Crippen molar-refractivity contribution >= 4 is 0 Å². The second-order valence-electron chi connectivity index (χ2n) is 4.90. The molecule has 0 bridgehead atoms. The van der Waals surface area contributed by atoms with Gasteiger partial charge >= 0.3 is 0 Å². The summed E-state index contributed by atoms with van der Waals surface area (Å²) >= 11 is 0. The van der Waals surface area contributed by atoms with Crippen molar-refractivity contribution in [1.82, 2.24) is 14.8 Å². The van der Waals surface area contributed by atoms with Crippen LogP contribution in [-0.4, -0.2) is 14.8 Å². The standard InChI is InChI=1S/C16H13N3O/c1-11-6-8-12(9-7-11)16-18-17-15-10-20-14-5-3-2-4-13(14)19(15)16/h2-9H,10H2,1H3. The Hall–Kier alpha value is -2.62. The summed E-state index contributed by atoms with van der Waals surface area (Å²) < 4.78 is 7.77. The molecule has 4 nitrogen and oxygen atoms in total. The van der Waals surface area contributed by atoms with E-state index >= 15 is 0 Å². The van der Waals surface area contributed by atoms with Crippen LogP contribution in [0, 0.1) is 6.92 Å². The third-order valence-corrected chi connectivity index (χ3v) is 3.50. The Labute approximate surface area is 116 Å². The van der Waals surface area contributed by atoms with Crippen molar-refractivity contribution < 1.29 is 4.74 Å². The number of benzene rings is 2. The molecule has 1 aromatic heterocycles. The molecular formula is C16H13N3O. The van der Waals surface area contributed by atoms with Gasteiger partial charge in [-0.05, 0) is 19.1 Å². The van der Waals surface area contributed by atoms with E-state index in [0.717, 1.165) is 28.6 Å². The molecule has 20 heavy (non-hydrogen) atoms. The Morgan fingerprint density at radius 2 is 1.80 bits per heavy atom. The molecule has 0 saturated heterocycles. The lowest BCUT2D eigenvalue weighted by Gasteiger charge is -2.19. The highest BCUT2D eigenvalue weighted by Gasteiger charge is 2.22. The molecule has 0 fully saturated rings. The fraction of sp³-hybridized carbons (Fsp3) is 0.125. The predicted octanol–water partition coefficient (Wildman–Crippen LogP) is 3.14. The zero-order valence-corrected chi connectivity index (χ0v) is 11.1. The van der Waals surface area contributed by atoms with Gasteiger partial charge in [0, 0.05) is 5.56 Å². The molecule has 0 atom stereocenters. The van der Waals surface area contributed by atoms with Crippen molar-refractivity contribution in [2.45, 2.75) is 13.5 Å². The Morgan fingerprint density at radius 3 is 2.65 bits per heavy atom. The zero-order chi connectivity index (χ0) is 13.5. The highest BCUT2D eigenvalue weighted by molar-refractivity contribution is 5.62. The van der Waals surface area contributed by atoms with Gasteiger partial charge in [-0.3, -0.25) is 4.57 Å². The Bertz CT molecular complexity index is 775. The van der Waals surface area contributed by atoms with Crippen LogP contribution in [0.1, 0.15) is 11.4 Å². The summed E-state index contributed by atoms with van der Waals surface area (Å²) in [6.45, 7) is 2.53. The van der Waals surface area contributed by atoms with Crippen LogP contribution >= 0.6 is 0 Å². The normalized spacial score (nSPS) is 12.4. The Kier molecular flexibility index (Phi) is 2.36. The smallest absolute Gasteiger partial charge is 0.176 e. The van der Waals surface area contributed by atoms with E-state index in [2.05, 4.69) is 46.0 Å². The first kappa shape index (κ1) is 11.2. The lowest BCUT2D eigenvalue weighted by atomic mass is 10.1. The average Bonchev–Trinajstić information content (AvgIpc) is 2.92. The second-order valence-corrected chi connectivity index (χ2v) is 4.90. The molecule has 0 aliphatic carbocycles. The third-order valence-electron chi connectivity index (χ3n) is 3.50. The summed E-state index contributed by atoms with van der Waals surface area (Å²) in [5.41, 5.74) is 3.29. The monoisotopic (exact) mass is 263 g/mol. The zero-order valence-electron chi connectivity index (χ0n) is 11.1. The van der Waals surface area contributed by atoms with Gasteiger partial charge in [0.25, 0.3) is 0 Å². The van der Waals surface area contributed by atoms with Gasteiger partial charge in [-0.25, -0.2) is 0 Å². The fourth-order valence-corrected chi connectivity index (χ4v) is 2.46. The van der Waals surface area contributed by atoms with E-state index in [9.17, 15) is 0 Å². The van der Waals surface area contributed by atoms with Crippen molar-refractivity contribution in [2.75, 3.05) is 0 Å². The van der Waals surface area contributed by atoms with Crippen LogP contribution in [-0.2, 0) is 6.61 Å². The van der Waals surface area contributed by atoms with E-state index in [1.54, 1.807) is 0 Å². The maximum absolute atomic E-state index is 5.69. The minimum Gasteiger partial charge on any atom is -0.483 e. The van der Waals surface area contributed by atoms with Gasteiger partial charge in [0.2, 0.25) is 0 Å². The molecule has 0 amide bonds. The Morgan fingerprint density at radius 1 is 1.00 bits per heavy atom. The first-order chi connectivity index (χ1) is 9.83. The number of aromatic nitrogens is 3. The van der Waals surface area contributed by atoms with Crippen LogP contribution in [0.3, 0.4) is 0 Å². The van der Waals surface area contributed by atoms with E-state index in [-0.39, 0.29) is 0 Å². The molecule has 0 radical (unpaired) electrons. The van der Waals surface area contributed by atoms with Crippen molar-refractivity contribution in [3.63, 3.8) is 0 Å². The van der Waals surface area contributed by atoms with Crippen LogP contribution < -0.4 is 4.74 Å². The Balaban J connectivity index is 1.93. The molecule has 3 aromatic rings. The number of rotatable bonds is 1. The highest BCUT2D eigenvalue weighted by atomic mass is 16.5. The molecule has 2 heterocycles. The van der Waals surface area contributed by atoms with Gasteiger partial charge in [0.05, 0.1) is 5.69 Å². The summed E-state index contributed by atoms with van der Waals surface area (Å²) in [4.78, 5) is 0. The quantitative estimate of drug-likeness (QED) is 0.677. The minimum absolute atomic E-state index is 0.454. The van der Waals surface area contributed by atoms with Gasteiger partial charge in [-0.2, -0.15) is 0 Å². The van der Waals surface area contributed by atoms with Gasteiger partial charge in [0.15, 0.2) is 11.6 Å². The average molecular weight is 263 g/mol. The lowest BCUT2D eigenvalue weighted by molar-refractivity contribution is 0.279. The van der Waals surface area contributed by atoms with E-state index in [4.69, 9.17) is 4.74 Å². The number of ether oxygens (including phenoxy) is 1. The maximum atomic E-state index is 5.69. The van der Waals surface area contributed by atoms with Gasteiger partial charge in [-0.1, -0.05) is 42.0 Å². The molecule has 4 heteroatoms. The SMILES string of the molecule is Cc1ccc(-c2nnc3n2-c2ccccc2OC3)cc1. The van der Waals surface area contributed by atoms with E-state index in [1.165, 1.54) is 5.56 Å². The largest absolute Gasteiger partial charge is 0.483 e. The molecule has 1 aliphatic rings. The molecular weight excluding hydrogens is 250 g/mol. The topological polar surface area (TPSA) is 39.9 Å². The molecule has 2 aromatic carbocycles. The van der Waals surface area contributed by atoms with Crippen LogP contribution in [0.4, 0.5) is 0 Å². The predicted molar refractivity (Wildman–Crippen MR) is 75.9 cm³/mol. The number of para-hydroxylation sites is 2. The number of aryl methyl sites for hydroxylation is 1. The first-order valence-electron chi connectivity index (χ1n) is 6.56. The van der Waals surface area contributed by atoms with E-state index in [1.807, 2.05) is 24.3 Å². The molecule has 1 aliphatic heterocycles. The third kappa shape index (κ3) is 1.61. The molecule has 0 saturated carbocycles. The van der Waals surface area contributed by atoms with Crippen LogP contribution in [0.25, 0.3) is 17.1 Å². The highest BCUT2D eigenvalue weighted by Crippen LogP contribution is 2.32. The number of nitrogens with zero attached hydrogens (tertiary/aromatic N) is 3. The molecule has 0 unspecified atom stereocenters. The van der Waals surface area contributed by atoms with Gasteiger partial charge < -0.3 is 4.74 Å². The fourth-order valence-electron chi connectivity index (χ4n) is 2.46. The molecule has 0 spiro atoms. The molecule has 98 valence electrons. The van der Waals surface area contributed by atoms with Crippen LogP contribution in [0.2, 0.25) is 0 Å². The molecule has 4 rings (SSSR count). The van der Waals surface area contributed by atoms with Gasteiger partial charge in [0.1, 0.15) is 12.4 Å². The summed E-state index contributed by atoms with van der Waals surface area (Å²) in [7, 11) is 0. The van der Waals surface area contributed by atoms with Crippen molar-refractivity contribution in [3.05, 3.63) is 59.9 Å². The van der Waals surface area contributed by atoms with Crippen molar-refractivity contribution in [1.29, 1.82) is 0 Å². The maximum Gasteiger partial charge on any atom is 0.176 e. The first-order valence-corrected chi connectivity index (χ1v) is 6.56. The van der Waals surface area contributed by atoms with Crippen LogP contribution in [0.15, 0.2) is 48.5 Å². The van der Waals surface area contributed by atoms with Gasteiger partial charge in [-0.15, -0.1) is 10.2 Å². The van der Waals surface area contributed by atoms with Crippen molar-refractivity contribution in [3.8, 4) is 22.8 Å². The molecule has 0 N–H and O–H groups in total. The lowest BCUT2D eigenvalue weighted by Crippen LogP contribution is -2.13. The number of hydrogen-bond donors (Lipinski definition) is 0. The summed E-state index contributed by atoms with van der Waals surface area (Å²) in [5, 5.41) is 8.57. The second kappa shape index (κ2) is 4.20.